The van der Waals surface area contributed by atoms with E-state index in [1.165, 1.54) is 44.9 Å². The van der Waals surface area contributed by atoms with Crippen LogP contribution in [0.2, 0.25) is 0 Å². The van der Waals surface area contributed by atoms with Crippen molar-refractivity contribution in [2.45, 2.75) is 71.1 Å². The predicted octanol–water partition coefficient (Wildman–Crippen LogP) is 4.23. The maximum Gasteiger partial charge on any atom is 0.343 e. The van der Waals surface area contributed by atoms with Gasteiger partial charge in [0.1, 0.15) is 0 Å². The third kappa shape index (κ3) is 11.9. The van der Waals surface area contributed by atoms with Crippen molar-refractivity contribution in [2.75, 3.05) is 0 Å². The van der Waals surface area contributed by atoms with E-state index in [1.807, 2.05) is 0 Å². The molecule has 16 heavy (non-hydrogen) atoms. The summed E-state index contributed by atoms with van der Waals surface area (Å²) in [5.41, 5.74) is 0. The number of unbranched alkanes of at least 4 members (excludes halogenated alkanes) is 8. The van der Waals surface area contributed by atoms with Crippen LogP contribution in [0.25, 0.3) is 0 Å². The molecule has 0 aliphatic carbocycles. The zero-order chi connectivity index (χ0) is 12.1. The van der Waals surface area contributed by atoms with Crippen molar-refractivity contribution in [3.05, 3.63) is 0 Å². The van der Waals surface area contributed by atoms with Crippen LogP contribution in [0.4, 0.5) is 0 Å². The molecule has 0 heterocycles. The van der Waals surface area contributed by atoms with Gasteiger partial charge < -0.3 is 0 Å². The summed E-state index contributed by atoms with van der Waals surface area (Å²) in [5, 5.41) is 0. The molecule has 0 aromatic heterocycles. The molecule has 0 saturated carbocycles. The highest BCUT2D eigenvalue weighted by Crippen LogP contribution is 2.10. The van der Waals surface area contributed by atoms with Crippen LogP contribution < -0.4 is 0 Å². The Morgan fingerprint density at radius 1 is 0.938 bits per heavy atom. The van der Waals surface area contributed by atoms with Crippen LogP contribution in [0.1, 0.15) is 71.1 Å². The van der Waals surface area contributed by atoms with Gasteiger partial charge in [-0.25, -0.2) is 4.79 Å². The molecule has 0 spiro atoms. The van der Waals surface area contributed by atoms with E-state index in [2.05, 4.69) is 29.1 Å². The van der Waals surface area contributed by atoms with Crippen LogP contribution in [0.3, 0.4) is 0 Å². The fraction of sp³-hybridized carbons (Fsp3) is 0.917. The van der Waals surface area contributed by atoms with Crippen molar-refractivity contribution in [3.63, 3.8) is 0 Å². The minimum Gasteiger partial charge on any atom is -0.286 e. The summed E-state index contributed by atoms with van der Waals surface area (Å²) >= 11 is 3.34. The molecule has 0 atom stereocenters. The first-order chi connectivity index (χ1) is 7.81. The van der Waals surface area contributed by atoms with Gasteiger partial charge in [-0.2, -0.15) is 0 Å². The molecule has 0 rings (SSSR count). The highest BCUT2D eigenvalue weighted by Gasteiger charge is 2.02. The van der Waals surface area contributed by atoms with E-state index in [9.17, 15) is 4.79 Å². The molecule has 0 aliphatic rings. The minimum atomic E-state index is -0.335. The van der Waals surface area contributed by atoms with Gasteiger partial charge in [0.25, 0.3) is 0 Å². The zero-order valence-corrected chi connectivity index (χ0v) is 11.1. The van der Waals surface area contributed by atoms with Crippen molar-refractivity contribution >= 4 is 18.9 Å². The molecule has 0 fully saturated rings. The Kier molecular flexibility index (Phi) is 12.7. The summed E-state index contributed by atoms with van der Waals surface area (Å²) < 4.78 is 3.98. The summed E-state index contributed by atoms with van der Waals surface area (Å²) in [6.07, 6.45) is 11.6. The summed E-state index contributed by atoms with van der Waals surface area (Å²) in [4.78, 5) is 15.1. The second-order valence-electron chi connectivity index (χ2n) is 4.11. The van der Waals surface area contributed by atoms with Gasteiger partial charge in [0, 0.05) is 19.3 Å². The quantitative estimate of drug-likeness (QED) is 0.195. The summed E-state index contributed by atoms with van der Waals surface area (Å²) in [6, 6.07) is 0. The second-order valence-corrected chi connectivity index (χ2v) is 4.26. The molecule has 4 heteroatoms. The number of hydrogen-bond donors (Lipinski definition) is 1. The topological polar surface area (TPSA) is 35.5 Å². The Bertz CT molecular complexity index is 162. The number of thiol groups is 1. The predicted molar refractivity (Wildman–Crippen MR) is 68.0 cm³/mol. The Morgan fingerprint density at radius 2 is 1.44 bits per heavy atom. The molecule has 0 bridgehead atoms. The summed E-state index contributed by atoms with van der Waals surface area (Å²) in [6.45, 7) is 2.23. The Hall–Kier alpha value is -0.220. The number of rotatable bonds is 11. The number of carbonyl (C=O) groups is 1. The molecule has 0 saturated heterocycles. The molecule has 0 unspecified atom stereocenters. The first kappa shape index (κ1) is 15.8. The van der Waals surface area contributed by atoms with E-state index in [-0.39, 0.29) is 5.97 Å². The van der Waals surface area contributed by atoms with Gasteiger partial charge in [0.2, 0.25) is 0 Å². The second kappa shape index (κ2) is 12.8. The first-order valence-electron chi connectivity index (χ1n) is 6.32. The molecule has 0 amide bonds. The smallest absolute Gasteiger partial charge is 0.286 e. The van der Waals surface area contributed by atoms with Gasteiger partial charge in [-0.3, -0.25) is 4.89 Å². The van der Waals surface area contributed by atoms with E-state index in [1.54, 1.807) is 0 Å². The summed E-state index contributed by atoms with van der Waals surface area (Å²) in [7, 11) is 0. The van der Waals surface area contributed by atoms with E-state index >= 15 is 0 Å². The number of hydrogen-bond acceptors (Lipinski definition) is 4. The molecular formula is C12H24O3S. The molecule has 0 aromatic carbocycles. The van der Waals surface area contributed by atoms with Crippen molar-refractivity contribution in [2.24, 2.45) is 0 Å². The highest BCUT2D eigenvalue weighted by molar-refractivity contribution is 7.74. The van der Waals surface area contributed by atoms with Crippen LogP contribution in [0.5, 0.6) is 0 Å². The molecule has 0 aliphatic heterocycles. The molecule has 0 radical (unpaired) electrons. The van der Waals surface area contributed by atoms with E-state index in [0.29, 0.717) is 6.42 Å². The van der Waals surface area contributed by atoms with E-state index in [0.717, 1.165) is 12.8 Å². The lowest BCUT2D eigenvalue weighted by atomic mass is 10.1. The lowest BCUT2D eigenvalue weighted by Gasteiger charge is -2.01. The van der Waals surface area contributed by atoms with Crippen LogP contribution in [-0.4, -0.2) is 5.97 Å². The first-order valence-corrected chi connectivity index (χ1v) is 6.68. The van der Waals surface area contributed by atoms with Gasteiger partial charge in [-0.05, 0) is 6.42 Å². The molecular weight excluding hydrogens is 224 g/mol. The van der Waals surface area contributed by atoms with Crippen molar-refractivity contribution in [3.8, 4) is 0 Å². The van der Waals surface area contributed by atoms with E-state index in [4.69, 9.17) is 0 Å². The standard InChI is InChI=1S/C12H24O3S/c1-2-3-4-5-6-7-8-9-10-11-12(13)14-15-16/h16H,2-11H2,1H3. The van der Waals surface area contributed by atoms with Crippen molar-refractivity contribution in [1.82, 2.24) is 0 Å². The van der Waals surface area contributed by atoms with Gasteiger partial charge in [-0.1, -0.05) is 58.3 Å². The van der Waals surface area contributed by atoms with Crippen molar-refractivity contribution < 1.29 is 14.0 Å². The minimum absolute atomic E-state index is 0.335. The SMILES string of the molecule is CCCCCCCCCCCC(=O)OOS. The molecule has 3 nitrogen and oxygen atoms in total. The maximum absolute atomic E-state index is 10.9. The monoisotopic (exact) mass is 248 g/mol. The average Bonchev–Trinajstić information content (AvgIpc) is 2.27. The van der Waals surface area contributed by atoms with Crippen LogP contribution >= 0.6 is 12.9 Å². The molecule has 0 N–H and O–H groups in total. The fourth-order valence-corrected chi connectivity index (χ4v) is 1.75. The normalized spacial score (nSPS) is 10.4. The Labute approximate surface area is 104 Å². The van der Waals surface area contributed by atoms with E-state index < -0.39 is 0 Å². The Balaban J connectivity index is 3.01. The molecule has 96 valence electrons. The maximum atomic E-state index is 10.9. The largest absolute Gasteiger partial charge is 0.343 e. The van der Waals surface area contributed by atoms with Crippen LogP contribution in [-0.2, 0) is 14.0 Å². The number of carbonyl (C=O) groups excluding carboxylic acids is 1. The zero-order valence-electron chi connectivity index (χ0n) is 10.2. The lowest BCUT2D eigenvalue weighted by molar-refractivity contribution is -0.204. The third-order valence-corrected chi connectivity index (χ3v) is 2.69. The van der Waals surface area contributed by atoms with Crippen LogP contribution in [0.15, 0.2) is 0 Å². The van der Waals surface area contributed by atoms with Gasteiger partial charge >= 0.3 is 5.97 Å². The van der Waals surface area contributed by atoms with Crippen molar-refractivity contribution in [1.29, 1.82) is 0 Å². The van der Waals surface area contributed by atoms with Crippen LogP contribution in [0, 0.1) is 0 Å². The highest BCUT2D eigenvalue weighted by atomic mass is 32.1. The third-order valence-electron chi connectivity index (χ3n) is 2.61. The Morgan fingerprint density at radius 3 is 1.94 bits per heavy atom. The lowest BCUT2D eigenvalue weighted by Crippen LogP contribution is -2.00. The van der Waals surface area contributed by atoms with Gasteiger partial charge in [0.05, 0.1) is 0 Å². The molecule has 0 aromatic rings. The van der Waals surface area contributed by atoms with Gasteiger partial charge in [0.15, 0.2) is 0 Å². The van der Waals surface area contributed by atoms with Gasteiger partial charge in [-0.15, -0.1) is 4.33 Å². The fourth-order valence-electron chi connectivity index (χ4n) is 1.66. The summed E-state index contributed by atoms with van der Waals surface area (Å²) in [5.74, 6) is -0.335. The average molecular weight is 248 g/mol.